The van der Waals surface area contributed by atoms with Gasteiger partial charge in [-0.15, -0.1) is 0 Å². The summed E-state index contributed by atoms with van der Waals surface area (Å²) in [6, 6.07) is -0.125. The van der Waals surface area contributed by atoms with Crippen molar-refractivity contribution >= 4 is 5.91 Å². The van der Waals surface area contributed by atoms with Gasteiger partial charge in [0, 0.05) is 19.6 Å². The summed E-state index contributed by atoms with van der Waals surface area (Å²) in [4.78, 5) is 11.8. The molecule has 4 nitrogen and oxygen atoms in total. The van der Waals surface area contributed by atoms with Crippen molar-refractivity contribution < 1.29 is 4.79 Å². The number of nitrogens with one attached hydrogen (secondary N) is 2. The Kier molecular flexibility index (Phi) is 6.52. The molecule has 0 spiro atoms. The first-order chi connectivity index (χ1) is 8.09. The van der Waals surface area contributed by atoms with Crippen molar-refractivity contribution in [2.24, 2.45) is 5.92 Å². The van der Waals surface area contributed by atoms with Crippen LogP contribution in [0.1, 0.15) is 46.5 Å². The fraction of sp³-hybridized carbons (Fsp3) is 0.923. The van der Waals surface area contributed by atoms with Crippen LogP contribution in [0.15, 0.2) is 0 Å². The molecule has 1 aliphatic heterocycles. The molecule has 4 heteroatoms. The number of nitrogens with zero attached hydrogens (tertiary/aromatic N) is 1. The van der Waals surface area contributed by atoms with E-state index in [1.807, 2.05) is 6.92 Å². The van der Waals surface area contributed by atoms with Crippen LogP contribution in [0.2, 0.25) is 0 Å². The third-order valence-corrected chi connectivity index (χ3v) is 3.15. The van der Waals surface area contributed by atoms with Crippen LogP contribution in [0, 0.1) is 5.92 Å². The number of hydrazine groups is 1. The van der Waals surface area contributed by atoms with Gasteiger partial charge in [-0.2, -0.15) is 0 Å². The minimum Gasteiger partial charge on any atom is -0.355 e. The molecule has 1 aliphatic rings. The molecule has 1 heterocycles. The second-order valence-electron chi connectivity index (χ2n) is 5.37. The van der Waals surface area contributed by atoms with Gasteiger partial charge in [-0.1, -0.05) is 20.3 Å². The molecule has 1 rings (SSSR count). The molecule has 1 saturated heterocycles. The second kappa shape index (κ2) is 7.67. The lowest BCUT2D eigenvalue weighted by atomic mass is 10.1. The van der Waals surface area contributed by atoms with Gasteiger partial charge in [0.05, 0.1) is 6.04 Å². The summed E-state index contributed by atoms with van der Waals surface area (Å²) in [7, 11) is 0. The maximum Gasteiger partial charge on any atom is 0.238 e. The Balaban J connectivity index is 2.16. The van der Waals surface area contributed by atoms with Gasteiger partial charge >= 0.3 is 0 Å². The maximum absolute atomic E-state index is 11.8. The smallest absolute Gasteiger partial charge is 0.238 e. The van der Waals surface area contributed by atoms with Gasteiger partial charge in [-0.05, 0) is 32.1 Å². The minimum absolute atomic E-state index is 0.108. The maximum atomic E-state index is 11.8. The first-order valence-corrected chi connectivity index (χ1v) is 6.88. The summed E-state index contributed by atoms with van der Waals surface area (Å²) >= 11 is 0. The lowest BCUT2D eigenvalue weighted by Gasteiger charge is -2.29. The molecule has 0 aromatic rings. The average molecular weight is 241 g/mol. The van der Waals surface area contributed by atoms with Crippen molar-refractivity contribution in [1.82, 2.24) is 15.8 Å². The molecule has 2 N–H and O–H groups in total. The molecular weight excluding hydrogens is 214 g/mol. The first-order valence-electron chi connectivity index (χ1n) is 6.88. The van der Waals surface area contributed by atoms with Crippen LogP contribution in [0.5, 0.6) is 0 Å². The molecule has 1 atom stereocenters. The van der Waals surface area contributed by atoms with Crippen molar-refractivity contribution in [2.75, 3.05) is 19.6 Å². The number of amides is 1. The average Bonchev–Trinajstić information content (AvgIpc) is 2.29. The van der Waals surface area contributed by atoms with Crippen LogP contribution in [0.25, 0.3) is 0 Å². The SMILES string of the molecule is CC(C)CCNC(=O)C(C)NN1CCCCC1. The zero-order valence-electron chi connectivity index (χ0n) is 11.5. The van der Waals surface area contributed by atoms with E-state index in [0.717, 1.165) is 26.1 Å². The molecule has 0 aromatic carbocycles. The molecule has 17 heavy (non-hydrogen) atoms. The zero-order valence-corrected chi connectivity index (χ0v) is 11.5. The van der Waals surface area contributed by atoms with Crippen LogP contribution in [-0.2, 0) is 4.79 Å². The monoisotopic (exact) mass is 241 g/mol. The zero-order chi connectivity index (χ0) is 12.7. The van der Waals surface area contributed by atoms with E-state index in [1.165, 1.54) is 19.3 Å². The van der Waals surface area contributed by atoms with Crippen LogP contribution >= 0.6 is 0 Å². The lowest BCUT2D eigenvalue weighted by molar-refractivity contribution is -0.124. The summed E-state index contributed by atoms with van der Waals surface area (Å²) in [6.45, 7) is 9.16. The molecule has 0 radical (unpaired) electrons. The van der Waals surface area contributed by atoms with Crippen molar-refractivity contribution in [2.45, 2.75) is 52.5 Å². The van der Waals surface area contributed by atoms with Crippen molar-refractivity contribution in [3.8, 4) is 0 Å². The van der Waals surface area contributed by atoms with Gasteiger partial charge in [-0.3, -0.25) is 4.79 Å². The van der Waals surface area contributed by atoms with Crippen molar-refractivity contribution in [3.05, 3.63) is 0 Å². The number of carbonyl (C=O) groups is 1. The van der Waals surface area contributed by atoms with Gasteiger partial charge in [0.1, 0.15) is 0 Å². The molecule has 0 aromatic heterocycles. The molecule has 0 aliphatic carbocycles. The largest absolute Gasteiger partial charge is 0.355 e. The van der Waals surface area contributed by atoms with E-state index in [-0.39, 0.29) is 11.9 Å². The Labute approximate surface area is 105 Å². The molecule has 1 amide bonds. The highest BCUT2D eigenvalue weighted by atomic mass is 16.2. The van der Waals surface area contributed by atoms with Crippen LogP contribution < -0.4 is 10.7 Å². The number of piperidine rings is 1. The predicted molar refractivity (Wildman–Crippen MR) is 70.5 cm³/mol. The van der Waals surface area contributed by atoms with Gasteiger partial charge in [0.15, 0.2) is 0 Å². The standard InChI is InChI=1S/C13H27N3O/c1-11(2)7-8-14-13(17)12(3)15-16-9-5-4-6-10-16/h11-12,15H,4-10H2,1-3H3,(H,14,17). The molecule has 0 bridgehead atoms. The number of hydrogen-bond donors (Lipinski definition) is 2. The summed E-state index contributed by atoms with van der Waals surface area (Å²) in [5.74, 6) is 0.747. The van der Waals surface area contributed by atoms with E-state index < -0.39 is 0 Å². The fourth-order valence-electron chi connectivity index (χ4n) is 1.99. The predicted octanol–water partition coefficient (Wildman–Crippen LogP) is 1.53. The summed E-state index contributed by atoms with van der Waals surface area (Å²) in [5, 5.41) is 5.15. The summed E-state index contributed by atoms with van der Waals surface area (Å²) in [6.07, 6.45) is 4.82. The fourth-order valence-corrected chi connectivity index (χ4v) is 1.99. The number of carbonyl (C=O) groups excluding carboxylic acids is 1. The normalized spacial score (nSPS) is 19.3. The molecule has 1 fully saturated rings. The van der Waals surface area contributed by atoms with Gasteiger partial charge in [0.2, 0.25) is 5.91 Å². The Morgan fingerprint density at radius 1 is 1.18 bits per heavy atom. The molecular formula is C13H27N3O. The Morgan fingerprint density at radius 3 is 2.41 bits per heavy atom. The third-order valence-electron chi connectivity index (χ3n) is 3.15. The summed E-state index contributed by atoms with van der Waals surface area (Å²) in [5.41, 5.74) is 3.28. The highest BCUT2D eigenvalue weighted by Gasteiger charge is 2.17. The molecule has 1 unspecified atom stereocenters. The van der Waals surface area contributed by atoms with Crippen LogP contribution in [0.3, 0.4) is 0 Å². The lowest BCUT2D eigenvalue weighted by Crippen LogP contribution is -2.52. The number of hydrogen-bond acceptors (Lipinski definition) is 3. The quantitative estimate of drug-likeness (QED) is 0.741. The van der Waals surface area contributed by atoms with Gasteiger partial charge in [0.25, 0.3) is 0 Å². The van der Waals surface area contributed by atoms with Crippen molar-refractivity contribution in [3.63, 3.8) is 0 Å². The Bertz CT molecular complexity index is 225. The highest BCUT2D eigenvalue weighted by molar-refractivity contribution is 5.81. The minimum atomic E-state index is -0.125. The molecule has 0 saturated carbocycles. The topological polar surface area (TPSA) is 44.4 Å². The summed E-state index contributed by atoms with van der Waals surface area (Å²) < 4.78 is 0. The third kappa shape index (κ3) is 6.03. The Morgan fingerprint density at radius 2 is 1.82 bits per heavy atom. The van der Waals surface area contributed by atoms with Gasteiger partial charge in [-0.25, -0.2) is 10.4 Å². The number of rotatable bonds is 6. The molecule has 100 valence electrons. The highest BCUT2D eigenvalue weighted by Crippen LogP contribution is 2.06. The van der Waals surface area contributed by atoms with Crippen LogP contribution in [0.4, 0.5) is 0 Å². The van der Waals surface area contributed by atoms with E-state index in [1.54, 1.807) is 0 Å². The van der Waals surface area contributed by atoms with Crippen LogP contribution in [-0.4, -0.2) is 36.6 Å². The van der Waals surface area contributed by atoms with E-state index in [4.69, 9.17) is 0 Å². The van der Waals surface area contributed by atoms with Crippen molar-refractivity contribution in [1.29, 1.82) is 0 Å². The van der Waals surface area contributed by atoms with E-state index >= 15 is 0 Å². The van der Waals surface area contributed by atoms with E-state index in [2.05, 4.69) is 29.6 Å². The van der Waals surface area contributed by atoms with Gasteiger partial charge < -0.3 is 5.32 Å². The van der Waals surface area contributed by atoms with E-state index in [9.17, 15) is 4.79 Å². The first kappa shape index (κ1) is 14.5. The Hall–Kier alpha value is -0.610. The van der Waals surface area contributed by atoms with E-state index in [0.29, 0.717) is 5.92 Å². The second-order valence-corrected chi connectivity index (χ2v) is 5.37.